The molecule has 7 heteroatoms. The molecule has 0 radical (unpaired) electrons. The van der Waals surface area contributed by atoms with Crippen LogP contribution in [0.1, 0.15) is 34.9 Å². The molecule has 1 unspecified atom stereocenters. The highest BCUT2D eigenvalue weighted by Gasteiger charge is 2.33. The quantitative estimate of drug-likeness (QED) is 0.459. The minimum atomic E-state index is -0.627. The summed E-state index contributed by atoms with van der Waals surface area (Å²) in [4.78, 5) is 18.7. The second-order valence-corrected chi connectivity index (χ2v) is 7.81. The Balaban J connectivity index is 2.32. The van der Waals surface area contributed by atoms with Gasteiger partial charge in [0.1, 0.15) is 29.0 Å². The fourth-order valence-electron chi connectivity index (χ4n) is 3.00. The van der Waals surface area contributed by atoms with Crippen molar-refractivity contribution in [3.8, 4) is 0 Å². The fraction of sp³-hybridized carbons (Fsp3) is 0.263. The number of hydrogen-bond acceptors (Lipinski definition) is 5. The predicted molar refractivity (Wildman–Crippen MR) is 109 cm³/mol. The number of aldehydes is 1. The van der Waals surface area contributed by atoms with Crippen LogP contribution in [0, 0.1) is 24.7 Å². The van der Waals surface area contributed by atoms with Crippen molar-refractivity contribution < 1.29 is 4.79 Å². The van der Waals surface area contributed by atoms with E-state index in [1.165, 1.54) is 0 Å². The number of nitrogens with one attached hydrogen (secondary N) is 2. The summed E-state index contributed by atoms with van der Waals surface area (Å²) < 4.78 is 0. The van der Waals surface area contributed by atoms with Gasteiger partial charge in [-0.15, -0.1) is 11.3 Å². The third-order valence-corrected chi connectivity index (χ3v) is 5.87. The van der Waals surface area contributed by atoms with Gasteiger partial charge in [-0.25, -0.2) is 0 Å². The Morgan fingerprint density at radius 2 is 2.00 bits per heavy atom. The van der Waals surface area contributed by atoms with Crippen molar-refractivity contribution in [3.05, 3.63) is 50.9 Å². The highest BCUT2D eigenvalue weighted by atomic mass is 35.5. The maximum Gasteiger partial charge on any atom is 0.132 e. The zero-order valence-corrected chi connectivity index (χ0v) is 16.3. The number of carbonyl (C=O) groups is 1. The van der Waals surface area contributed by atoms with E-state index >= 15 is 0 Å². The monoisotopic (exact) mass is 386 g/mol. The molecule has 0 aliphatic carbocycles. The number of rotatable bonds is 3. The first-order chi connectivity index (χ1) is 12.3. The number of aryl methyl sites for hydroxylation is 1. The average Bonchev–Trinajstić information content (AvgIpc) is 2.80. The molecule has 1 atom stereocenters. The Hall–Kier alpha value is -2.31. The number of anilines is 1. The van der Waals surface area contributed by atoms with Crippen LogP contribution in [-0.2, 0) is 4.79 Å². The van der Waals surface area contributed by atoms with Gasteiger partial charge in [0.15, 0.2) is 0 Å². The number of benzene rings is 1. The lowest BCUT2D eigenvalue weighted by Crippen LogP contribution is -2.40. The van der Waals surface area contributed by atoms with Gasteiger partial charge in [0.05, 0.1) is 5.71 Å². The van der Waals surface area contributed by atoms with Crippen LogP contribution in [0.2, 0.25) is 5.02 Å². The number of aliphatic imine (C=N–C) groups is 1. The topological polar surface area (TPSA) is 80.4 Å². The SMILES string of the molecule is CC(=N)N1C(=N)C(CC=O)N=C(c2ccc(Cl)cc2)c2c1sc(C)c2C. The molecule has 0 spiro atoms. The summed E-state index contributed by atoms with van der Waals surface area (Å²) in [5.74, 6) is 0.386. The molecule has 5 nitrogen and oxygen atoms in total. The van der Waals surface area contributed by atoms with E-state index in [4.69, 9.17) is 27.4 Å². The van der Waals surface area contributed by atoms with Crippen molar-refractivity contribution >= 4 is 51.6 Å². The van der Waals surface area contributed by atoms with Crippen LogP contribution in [-0.4, -0.2) is 29.7 Å². The van der Waals surface area contributed by atoms with Gasteiger partial charge in [-0.2, -0.15) is 0 Å². The number of hydrogen-bond donors (Lipinski definition) is 2. The van der Waals surface area contributed by atoms with Crippen molar-refractivity contribution in [3.63, 3.8) is 0 Å². The van der Waals surface area contributed by atoms with Gasteiger partial charge < -0.3 is 4.79 Å². The zero-order chi connectivity index (χ0) is 19.0. The smallest absolute Gasteiger partial charge is 0.132 e. The second kappa shape index (κ2) is 7.13. The van der Waals surface area contributed by atoms with E-state index in [2.05, 4.69) is 0 Å². The Morgan fingerprint density at radius 1 is 1.35 bits per heavy atom. The maximum absolute atomic E-state index is 11.2. The van der Waals surface area contributed by atoms with E-state index in [0.717, 1.165) is 38.6 Å². The normalized spacial score (nSPS) is 16.8. The van der Waals surface area contributed by atoms with Gasteiger partial charge in [-0.05, 0) is 38.5 Å². The summed E-state index contributed by atoms with van der Waals surface area (Å²) in [6, 6.07) is 6.77. The van der Waals surface area contributed by atoms with E-state index < -0.39 is 6.04 Å². The van der Waals surface area contributed by atoms with Gasteiger partial charge in [-0.3, -0.25) is 20.7 Å². The minimum Gasteiger partial charge on any atom is -0.303 e. The molecule has 1 aromatic carbocycles. The molecule has 0 amide bonds. The van der Waals surface area contributed by atoms with E-state index in [0.29, 0.717) is 5.02 Å². The molecule has 2 aromatic rings. The summed E-state index contributed by atoms with van der Waals surface area (Å²) in [5, 5.41) is 18.2. The molecule has 1 aromatic heterocycles. The van der Waals surface area contributed by atoms with E-state index in [1.54, 1.807) is 35.3 Å². The molecule has 2 N–H and O–H groups in total. The molecule has 2 heterocycles. The lowest BCUT2D eigenvalue weighted by atomic mass is 10.00. The summed E-state index contributed by atoms with van der Waals surface area (Å²) in [7, 11) is 0. The van der Waals surface area contributed by atoms with Crippen LogP contribution in [0.25, 0.3) is 0 Å². The summed E-state index contributed by atoms with van der Waals surface area (Å²) in [6.07, 6.45) is 0.879. The van der Waals surface area contributed by atoms with Crippen LogP contribution >= 0.6 is 22.9 Å². The van der Waals surface area contributed by atoms with E-state index in [9.17, 15) is 4.79 Å². The van der Waals surface area contributed by atoms with Crippen LogP contribution in [0.4, 0.5) is 5.00 Å². The number of amidine groups is 2. The van der Waals surface area contributed by atoms with E-state index in [1.807, 2.05) is 26.0 Å². The molecule has 0 bridgehead atoms. The van der Waals surface area contributed by atoms with E-state index in [-0.39, 0.29) is 18.1 Å². The number of carbonyl (C=O) groups excluding carboxylic acids is 1. The van der Waals surface area contributed by atoms with Crippen molar-refractivity contribution in [2.45, 2.75) is 33.2 Å². The summed E-state index contributed by atoms with van der Waals surface area (Å²) in [5.41, 5.74) is 3.60. The van der Waals surface area contributed by atoms with Gasteiger partial charge in [0.2, 0.25) is 0 Å². The molecule has 0 saturated heterocycles. The molecule has 0 fully saturated rings. The highest BCUT2D eigenvalue weighted by molar-refractivity contribution is 7.17. The Morgan fingerprint density at radius 3 is 2.58 bits per heavy atom. The first-order valence-corrected chi connectivity index (χ1v) is 9.36. The average molecular weight is 387 g/mol. The first kappa shape index (κ1) is 18.5. The van der Waals surface area contributed by atoms with Gasteiger partial charge in [0, 0.05) is 27.4 Å². The lowest BCUT2D eigenvalue weighted by molar-refractivity contribution is -0.107. The van der Waals surface area contributed by atoms with Crippen LogP contribution in [0.3, 0.4) is 0 Å². The lowest BCUT2D eigenvalue weighted by Gasteiger charge is -2.24. The van der Waals surface area contributed by atoms with Crippen molar-refractivity contribution in [2.24, 2.45) is 4.99 Å². The fourth-order valence-corrected chi connectivity index (χ4v) is 4.35. The molecule has 26 heavy (non-hydrogen) atoms. The van der Waals surface area contributed by atoms with Gasteiger partial charge in [0.25, 0.3) is 0 Å². The summed E-state index contributed by atoms with van der Waals surface area (Å²) >= 11 is 7.57. The molecule has 1 aliphatic rings. The number of fused-ring (bicyclic) bond motifs is 1. The van der Waals surface area contributed by atoms with Crippen LogP contribution < -0.4 is 4.90 Å². The van der Waals surface area contributed by atoms with Crippen molar-refractivity contribution in [1.29, 1.82) is 10.8 Å². The summed E-state index contributed by atoms with van der Waals surface area (Å²) in [6.45, 7) is 5.70. The molecule has 134 valence electrons. The second-order valence-electron chi connectivity index (χ2n) is 6.17. The Kier molecular flexibility index (Phi) is 5.07. The molecule has 0 saturated carbocycles. The predicted octanol–water partition coefficient (Wildman–Crippen LogP) is 4.61. The van der Waals surface area contributed by atoms with Crippen LogP contribution in [0.15, 0.2) is 29.3 Å². The highest BCUT2D eigenvalue weighted by Crippen LogP contribution is 2.40. The first-order valence-electron chi connectivity index (χ1n) is 8.16. The standard InChI is InChI=1S/C19H19ClN4OS/c1-10-11(2)26-19-16(10)17(13-4-6-14(20)7-5-13)23-15(8-9-25)18(22)24(19)12(3)21/h4-7,9,15,21-22H,8H2,1-3H3. The van der Waals surface area contributed by atoms with Crippen molar-refractivity contribution in [1.82, 2.24) is 0 Å². The zero-order valence-electron chi connectivity index (χ0n) is 14.8. The number of halogens is 1. The molecular weight excluding hydrogens is 368 g/mol. The Bertz CT molecular complexity index is 930. The third kappa shape index (κ3) is 3.10. The Labute approximate surface area is 161 Å². The molecular formula is C19H19ClN4OS. The largest absolute Gasteiger partial charge is 0.303 e. The van der Waals surface area contributed by atoms with Gasteiger partial charge >= 0.3 is 0 Å². The number of thiophene rings is 1. The van der Waals surface area contributed by atoms with Crippen LogP contribution in [0.5, 0.6) is 0 Å². The maximum atomic E-state index is 11.2. The van der Waals surface area contributed by atoms with Gasteiger partial charge in [-0.1, -0.05) is 23.7 Å². The van der Waals surface area contributed by atoms with Crippen molar-refractivity contribution in [2.75, 3.05) is 4.90 Å². The molecule has 3 rings (SSSR count). The third-order valence-electron chi connectivity index (χ3n) is 4.42. The molecule has 1 aliphatic heterocycles. The number of nitrogens with zero attached hydrogens (tertiary/aromatic N) is 2. The minimum absolute atomic E-state index is 0.104.